The van der Waals surface area contributed by atoms with Gasteiger partial charge in [-0.25, -0.2) is 9.37 Å². The molecule has 1 aromatic carbocycles. The zero-order valence-corrected chi connectivity index (χ0v) is 25.1. The Morgan fingerprint density at radius 1 is 1.20 bits per heavy atom. The molecule has 1 saturated heterocycles. The largest absolute Gasteiger partial charge is 0.347 e. The number of amides is 2. The second kappa shape index (κ2) is 11.8. The average Bonchev–Trinajstić information content (AvgIpc) is 3.26. The summed E-state index contributed by atoms with van der Waals surface area (Å²) in [5.74, 6) is -2.41. The molecule has 3 atom stereocenters. The quantitative estimate of drug-likeness (QED) is 0.271. The molecule has 0 spiro atoms. The fourth-order valence-electron chi connectivity index (χ4n) is 4.82. The standard InChI is InChI=1S/C30H40FN5O3S/c1-18(2)24(37)16-22(20-9-11-21(12-10-20)25-19(3)32-17-40-25)33-27(38)23-8-7-15-36(23)28(39)26(29(4,5)6)34-35-30(31)13-14-30/h9-12,17-18,22-23,26H,7-8,13-16H2,1-6H3,(H,33,38). The zero-order valence-electron chi connectivity index (χ0n) is 24.2. The van der Waals surface area contributed by atoms with Crippen molar-refractivity contribution in [2.24, 2.45) is 21.6 Å². The highest BCUT2D eigenvalue weighted by atomic mass is 32.1. The van der Waals surface area contributed by atoms with Crippen molar-refractivity contribution < 1.29 is 18.8 Å². The molecule has 10 heteroatoms. The molecule has 2 fully saturated rings. The molecule has 40 heavy (non-hydrogen) atoms. The summed E-state index contributed by atoms with van der Waals surface area (Å²) in [6.07, 6.45) is 1.96. The Morgan fingerprint density at radius 2 is 1.88 bits per heavy atom. The molecule has 1 aromatic heterocycles. The zero-order chi connectivity index (χ0) is 29.2. The summed E-state index contributed by atoms with van der Waals surface area (Å²) in [6, 6.07) is 5.72. The van der Waals surface area contributed by atoms with E-state index in [4.69, 9.17) is 0 Å². The number of nitrogens with one attached hydrogen (secondary N) is 1. The fraction of sp³-hybridized carbons (Fsp3) is 0.600. The summed E-state index contributed by atoms with van der Waals surface area (Å²) in [6.45, 7) is 11.7. The van der Waals surface area contributed by atoms with Gasteiger partial charge in [0.05, 0.1) is 22.1 Å². The lowest BCUT2D eigenvalue weighted by molar-refractivity contribution is -0.141. The van der Waals surface area contributed by atoms with Gasteiger partial charge in [0, 0.05) is 31.7 Å². The molecule has 2 aliphatic rings. The highest BCUT2D eigenvalue weighted by Gasteiger charge is 2.46. The Balaban J connectivity index is 1.53. The number of thiazole rings is 1. The maximum atomic E-state index is 14.2. The fourth-order valence-corrected chi connectivity index (χ4v) is 5.63. The maximum Gasteiger partial charge on any atom is 0.250 e. The lowest BCUT2D eigenvalue weighted by Gasteiger charge is -2.32. The second-order valence-corrected chi connectivity index (χ2v) is 13.2. The van der Waals surface area contributed by atoms with Crippen LogP contribution in [0, 0.1) is 18.3 Å². The van der Waals surface area contributed by atoms with E-state index in [1.807, 2.05) is 71.3 Å². The normalized spacial score (nSPS) is 20.1. The van der Waals surface area contributed by atoms with Crippen molar-refractivity contribution in [2.45, 2.75) is 97.6 Å². The van der Waals surface area contributed by atoms with Gasteiger partial charge in [-0.3, -0.25) is 14.4 Å². The van der Waals surface area contributed by atoms with Crippen molar-refractivity contribution >= 4 is 28.9 Å². The number of aryl methyl sites for hydroxylation is 1. The number of halogens is 1. The Labute approximate surface area is 239 Å². The number of hydrogen-bond acceptors (Lipinski definition) is 7. The third-order valence-electron chi connectivity index (χ3n) is 7.59. The van der Waals surface area contributed by atoms with E-state index in [2.05, 4.69) is 20.5 Å². The first-order valence-electron chi connectivity index (χ1n) is 14.0. The molecular weight excluding hydrogens is 529 g/mol. The van der Waals surface area contributed by atoms with E-state index in [-0.39, 0.29) is 29.9 Å². The minimum atomic E-state index is -1.66. The van der Waals surface area contributed by atoms with Crippen LogP contribution >= 0.6 is 11.3 Å². The van der Waals surface area contributed by atoms with Crippen LogP contribution in [0.1, 0.15) is 84.0 Å². The number of azo groups is 1. The number of alkyl halides is 1. The van der Waals surface area contributed by atoms with Crippen LogP contribution in [0.25, 0.3) is 10.4 Å². The molecule has 1 aliphatic carbocycles. The van der Waals surface area contributed by atoms with Gasteiger partial charge in [-0.1, -0.05) is 58.9 Å². The van der Waals surface area contributed by atoms with Gasteiger partial charge in [-0.15, -0.1) is 11.3 Å². The van der Waals surface area contributed by atoms with Crippen molar-refractivity contribution in [2.75, 3.05) is 6.54 Å². The van der Waals surface area contributed by atoms with Gasteiger partial charge in [0.2, 0.25) is 11.7 Å². The van der Waals surface area contributed by atoms with Crippen molar-refractivity contribution in [1.29, 1.82) is 0 Å². The van der Waals surface area contributed by atoms with Gasteiger partial charge in [0.15, 0.2) is 6.04 Å². The van der Waals surface area contributed by atoms with Crippen LogP contribution in [0.3, 0.4) is 0 Å². The number of rotatable bonds is 10. The van der Waals surface area contributed by atoms with Crippen LogP contribution < -0.4 is 5.32 Å². The van der Waals surface area contributed by atoms with E-state index in [1.54, 1.807) is 16.2 Å². The Hall–Kier alpha value is -3.01. The number of benzene rings is 1. The third-order valence-corrected chi connectivity index (χ3v) is 8.57. The van der Waals surface area contributed by atoms with Crippen molar-refractivity contribution in [1.82, 2.24) is 15.2 Å². The van der Waals surface area contributed by atoms with E-state index in [9.17, 15) is 18.8 Å². The molecule has 4 rings (SSSR count). The smallest absolute Gasteiger partial charge is 0.250 e. The predicted molar refractivity (Wildman–Crippen MR) is 154 cm³/mol. The molecule has 0 bridgehead atoms. The van der Waals surface area contributed by atoms with E-state index in [0.29, 0.717) is 32.2 Å². The van der Waals surface area contributed by atoms with Crippen LogP contribution in [-0.2, 0) is 14.4 Å². The van der Waals surface area contributed by atoms with Crippen molar-refractivity contribution in [3.05, 3.63) is 41.0 Å². The van der Waals surface area contributed by atoms with Gasteiger partial charge >= 0.3 is 0 Å². The predicted octanol–water partition coefficient (Wildman–Crippen LogP) is 6.21. The first-order valence-corrected chi connectivity index (χ1v) is 14.9. The average molecular weight is 570 g/mol. The summed E-state index contributed by atoms with van der Waals surface area (Å²) in [5.41, 5.74) is 4.02. The number of carbonyl (C=O) groups excluding carboxylic acids is 3. The molecule has 216 valence electrons. The number of Topliss-reactive ketones (excluding diaryl/α,β-unsaturated/α-hetero) is 1. The SMILES string of the molecule is Cc1ncsc1-c1ccc(C(CC(=O)C(C)C)NC(=O)C2CCCN2C(=O)C(N=NC2(F)CC2)C(C)(C)C)cc1. The van der Waals surface area contributed by atoms with E-state index in [0.717, 1.165) is 21.7 Å². The third kappa shape index (κ3) is 7.00. The van der Waals surface area contributed by atoms with E-state index < -0.39 is 29.3 Å². The maximum absolute atomic E-state index is 14.2. The number of nitrogens with zero attached hydrogens (tertiary/aromatic N) is 4. The van der Waals surface area contributed by atoms with E-state index in [1.165, 1.54) is 0 Å². The topological polar surface area (TPSA) is 104 Å². The van der Waals surface area contributed by atoms with Gasteiger partial charge in [-0.2, -0.15) is 10.2 Å². The van der Waals surface area contributed by atoms with Crippen LogP contribution in [-0.4, -0.2) is 51.9 Å². The molecule has 1 N–H and O–H groups in total. The van der Waals surface area contributed by atoms with Crippen LogP contribution in [0.15, 0.2) is 40.0 Å². The first-order chi connectivity index (χ1) is 18.8. The number of ketones is 1. The summed E-state index contributed by atoms with van der Waals surface area (Å²) < 4.78 is 14.2. The first kappa shape index (κ1) is 30.0. The Kier molecular flexibility index (Phi) is 8.87. The second-order valence-electron chi connectivity index (χ2n) is 12.4. The minimum Gasteiger partial charge on any atom is -0.347 e. The van der Waals surface area contributed by atoms with Crippen molar-refractivity contribution in [3.63, 3.8) is 0 Å². The molecule has 8 nitrogen and oxygen atoms in total. The summed E-state index contributed by atoms with van der Waals surface area (Å²) >= 11 is 1.57. The van der Waals surface area contributed by atoms with Gasteiger partial charge in [-0.05, 0) is 36.3 Å². The Bertz CT molecular complexity index is 1260. The number of aromatic nitrogens is 1. The lowest BCUT2D eigenvalue weighted by Crippen LogP contribution is -2.51. The molecule has 3 unspecified atom stereocenters. The molecule has 1 saturated carbocycles. The molecule has 2 aromatic rings. The number of carbonyl (C=O) groups is 3. The van der Waals surface area contributed by atoms with E-state index >= 15 is 0 Å². The highest BCUT2D eigenvalue weighted by molar-refractivity contribution is 7.13. The monoisotopic (exact) mass is 569 g/mol. The van der Waals surface area contributed by atoms with Crippen LogP contribution in [0.2, 0.25) is 0 Å². The molecule has 2 heterocycles. The van der Waals surface area contributed by atoms with Crippen molar-refractivity contribution in [3.8, 4) is 10.4 Å². The summed E-state index contributed by atoms with van der Waals surface area (Å²) in [4.78, 5) is 47.1. The summed E-state index contributed by atoms with van der Waals surface area (Å²) in [5, 5.41) is 11.1. The summed E-state index contributed by atoms with van der Waals surface area (Å²) in [7, 11) is 0. The highest BCUT2D eigenvalue weighted by Crippen LogP contribution is 2.42. The Morgan fingerprint density at radius 3 is 2.42 bits per heavy atom. The molecule has 1 aliphatic heterocycles. The van der Waals surface area contributed by atoms with Gasteiger partial charge in [0.25, 0.3) is 5.91 Å². The molecular formula is C30H40FN5O3S. The molecule has 2 amide bonds. The minimum absolute atomic E-state index is 0.0421. The van der Waals surface area contributed by atoms with Crippen LogP contribution in [0.4, 0.5) is 4.39 Å². The lowest BCUT2D eigenvalue weighted by atomic mass is 9.86. The number of hydrogen-bond donors (Lipinski definition) is 1. The van der Waals surface area contributed by atoms with Gasteiger partial charge < -0.3 is 10.2 Å². The van der Waals surface area contributed by atoms with Crippen LogP contribution in [0.5, 0.6) is 0 Å². The number of likely N-dealkylation sites (tertiary alicyclic amines) is 1. The molecule has 0 radical (unpaired) electrons. The van der Waals surface area contributed by atoms with Gasteiger partial charge in [0.1, 0.15) is 11.8 Å².